The summed E-state index contributed by atoms with van der Waals surface area (Å²) in [4.78, 5) is 22.6. The van der Waals surface area contributed by atoms with Crippen molar-refractivity contribution in [2.45, 2.75) is 31.7 Å². The Labute approximate surface area is 134 Å². The molecule has 1 aliphatic carbocycles. The van der Waals surface area contributed by atoms with Gasteiger partial charge < -0.3 is 20.5 Å². The molecule has 1 fully saturated rings. The van der Waals surface area contributed by atoms with Gasteiger partial charge in [-0.15, -0.1) is 0 Å². The van der Waals surface area contributed by atoms with Gasteiger partial charge in [0.2, 0.25) is 0 Å². The number of halogens is 1. The Kier molecular flexibility index (Phi) is 6.19. The lowest BCUT2D eigenvalue weighted by Gasteiger charge is -2.26. The average Bonchev–Trinajstić information content (AvgIpc) is 2.54. The van der Waals surface area contributed by atoms with Crippen LogP contribution >= 0.6 is 0 Å². The number of aliphatic carboxylic acids is 1. The first kappa shape index (κ1) is 17.1. The summed E-state index contributed by atoms with van der Waals surface area (Å²) in [6, 6.07) is 5.40. The van der Waals surface area contributed by atoms with E-state index in [1.165, 1.54) is 24.3 Å². The van der Waals surface area contributed by atoms with E-state index in [4.69, 9.17) is 9.84 Å². The molecule has 0 aromatic heterocycles. The summed E-state index contributed by atoms with van der Waals surface area (Å²) in [7, 11) is 0. The first-order valence-electron chi connectivity index (χ1n) is 7.70. The molecule has 1 aromatic carbocycles. The number of carboxylic acid groups (broad SMARTS) is 1. The van der Waals surface area contributed by atoms with E-state index in [1.807, 2.05) is 0 Å². The van der Waals surface area contributed by atoms with Crippen LogP contribution < -0.4 is 15.4 Å². The van der Waals surface area contributed by atoms with Gasteiger partial charge >= 0.3 is 12.0 Å². The molecule has 0 unspecified atom stereocenters. The quantitative estimate of drug-likeness (QED) is 0.700. The van der Waals surface area contributed by atoms with Crippen LogP contribution in [0.4, 0.5) is 9.18 Å². The summed E-state index contributed by atoms with van der Waals surface area (Å²) in [5.41, 5.74) is 0. The molecule has 23 heavy (non-hydrogen) atoms. The highest BCUT2D eigenvalue weighted by Crippen LogP contribution is 2.24. The van der Waals surface area contributed by atoms with Gasteiger partial charge in [-0.25, -0.2) is 9.18 Å². The minimum Gasteiger partial charge on any atom is -0.492 e. The molecule has 0 bridgehead atoms. The molecule has 0 aliphatic heterocycles. The molecular formula is C16H21FN2O4. The summed E-state index contributed by atoms with van der Waals surface area (Å²) >= 11 is 0. The second-order valence-electron chi connectivity index (χ2n) is 5.59. The van der Waals surface area contributed by atoms with E-state index in [0.29, 0.717) is 38.0 Å². The number of rotatable bonds is 6. The number of ether oxygens (including phenoxy) is 1. The van der Waals surface area contributed by atoms with Crippen LogP contribution in [0.15, 0.2) is 24.3 Å². The number of carboxylic acids is 1. The standard InChI is InChI=1S/C16H21FN2O4/c17-12-3-7-14(8-4-12)23-10-9-18-16(22)19-13-5-1-11(2-6-13)15(20)21/h3-4,7-8,11,13H,1-2,5-6,9-10H2,(H,20,21)(H2,18,19,22). The Morgan fingerprint density at radius 3 is 2.43 bits per heavy atom. The number of hydrogen-bond acceptors (Lipinski definition) is 3. The van der Waals surface area contributed by atoms with Crippen molar-refractivity contribution < 1.29 is 23.8 Å². The van der Waals surface area contributed by atoms with Gasteiger partial charge in [-0.05, 0) is 49.9 Å². The van der Waals surface area contributed by atoms with Crippen LogP contribution in [0.1, 0.15) is 25.7 Å². The molecule has 0 heterocycles. The normalized spacial score (nSPS) is 20.6. The van der Waals surface area contributed by atoms with Crippen LogP contribution in [-0.2, 0) is 4.79 Å². The van der Waals surface area contributed by atoms with E-state index in [0.717, 1.165) is 0 Å². The summed E-state index contributed by atoms with van der Waals surface area (Å²) in [6.07, 6.45) is 2.54. The lowest BCUT2D eigenvalue weighted by atomic mass is 9.86. The Bertz CT molecular complexity index is 527. The molecule has 7 heteroatoms. The van der Waals surface area contributed by atoms with E-state index in [2.05, 4.69) is 10.6 Å². The number of nitrogens with one attached hydrogen (secondary N) is 2. The van der Waals surface area contributed by atoms with Crippen molar-refractivity contribution in [1.29, 1.82) is 0 Å². The number of amides is 2. The maximum Gasteiger partial charge on any atom is 0.315 e. The largest absolute Gasteiger partial charge is 0.492 e. The molecule has 0 spiro atoms. The third-order valence-electron chi connectivity index (χ3n) is 3.88. The van der Waals surface area contributed by atoms with Gasteiger partial charge in [-0.3, -0.25) is 4.79 Å². The first-order valence-corrected chi connectivity index (χ1v) is 7.70. The Morgan fingerprint density at radius 2 is 1.83 bits per heavy atom. The summed E-state index contributed by atoms with van der Waals surface area (Å²) in [6.45, 7) is 0.610. The van der Waals surface area contributed by atoms with Gasteiger partial charge in [-0.1, -0.05) is 0 Å². The molecular weight excluding hydrogens is 303 g/mol. The molecule has 126 valence electrons. The SMILES string of the molecule is O=C(NCCOc1ccc(F)cc1)NC1CCC(C(=O)O)CC1. The number of urea groups is 1. The molecule has 0 atom stereocenters. The Morgan fingerprint density at radius 1 is 1.17 bits per heavy atom. The van der Waals surface area contributed by atoms with Gasteiger partial charge in [0.25, 0.3) is 0 Å². The summed E-state index contributed by atoms with van der Waals surface area (Å²) in [5, 5.41) is 14.4. The minimum absolute atomic E-state index is 0.0172. The fourth-order valence-corrected chi connectivity index (χ4v) is 2.59. The Balaban J connectivity index is 1.58. The van der Waals surface area contributed by atoms with E-state index >= 15 is 0 Å². The van der Waals surface area contributed by atoms with Gasteiger partial charge in [0.1, 0.15) is 18.2 Å². The molecule has 2 amide bonds. The predicted octanol–water partition coefficient (Wildman–Crippen LogP) is 2.15. The lowest BCUT2D eigenvalue weighted by Crippen LogP contribution is -2.45. The molecule has 2 rings (SSSR count). The minimum atomic E-state index is -0.758. The fourth-order valence-electron chi connectivity index (χ4n) is 2.59. The van der Waals surface area contributed by atoms with Crippen LogP contribution in [0.3, 0.4) is 0 Å². The highest BCUT2D eigenvalue weighted by Gasteiger charge is 2.26. The van der Waals surface area contributed by atoms with Gasteiger partial charge in [0.05, 0.1) is 12.5 Å². The monoisotopic (exact) mass is 324 g/mol. The van der Waals surface area contributed by atoms with Crippen LogP contribution in [0.2, 0.25) is 0 Å². The molecule has 3 N–H and O–H groups in total. The number of benzene rings is 1. The predicted molar refractivity (Wildman–Crippen MR) is 81.8 cm³/mol. The van der Waals surface area contributed by atoms with Crippen LogP contribution in [0, 0.1) is 11.7 Å². The zero-order valence-corrected chi connectivity index (χ0v) is 12.8. The van der Waals surface area contributed by atoms with E-state index < -0.39 is 5.97 Å². The smallest absolute Gasteiger partial charge is 0.315 e. The first-order chi connectivity index (χ1) is 11.0. The number of hydrogen-bond donors (Lipinski definition) is 3. The molecule has 6 nitrogen and oxygen atoms in total. The second-order valence-corrected chi connectivity index (χ2v) is 5.59. The summed E-state index contributed by atoms with van der Waals surface area (Å²) < 4.78 is 18.1. The molecule has 1 aromatic rings. The topological polar surface area (TPSA) is 87.7 Å². The molecule has 0 saturated heterocycles. The Hall–Kier alpha value is -2.31. The number of carbonyl (C=O) groups is 2. The number of carbonyl (C=O) groups excluding carboxylic acids is 1. The molecule has 0 radical (unpaired) electrons. The van der Waals surface area contributed by atoms with Crippen molar-refractivity contribution in [3.05, 3.63) is 30.1 Å². The highest BCUT2D eigenvalue weighted by atomic mass is 19.1. The average molecular weight is 324 g/mol. The second kappa shape index (κ2) is 8.36. The van der Waals surface area contributed by atoms with Crippen LogP contribution in [0.5, 0.6) is 5.75 Å². The van der Waals surface area contributed by atoms with Crippen molar-refractivity contribution in [1.82, 2.24) is 10.6 Å². The van der Waals surface area contributed by atoms with Gasteiger partial charge in [0.15, 0.2) is 0 Å². The zero-order chi connectivity index (χ0) is 16.7. The van der Waals surface area contributed by atoms with Crippen molar-refractivity contribution in [3.8, 4) is 5.75 Å². The maximum absolute atomic E-state index is 12.7. The van der Waals surface area contributed by atoms with Gasteiger partial charge in [-0.2, -0.15) is 0 Å². The van der Waals surface area contributed by atoms with Crippen LogP contribution in [0.25, 0.3) is 0 Å². The third-order valence-corrected chi connectivity index (χ3v) is 3.88. The van der Waals surface area contributed by atoms with E-state index in [-0.39, 0.29) is 30.4 Å². The molecule has 1 aliphatic rings. The van der Waals surface area contributed by atoms with Crippen molar-refractivity contribution in [2.24, 2.45) is 5.92 Å². The van der Waals surface area contributed by atoms with E-state index in [1.54, 1.807) is 0 Å². The zero-order valence-electron chi connectivity index (χ0n) is 12.8. The lowest BCUT2D eigenvalue weighted by molar-refractivity contribution is -0.142. The van der Waals surface area contributed by atoms with E-state index in [9.17, 15) is 14.0 Å². The molecule has 1 saturated carbocycles. The highest BCUT2D eigenvalue weighted by molar-refractivity contribution is 5.74. The van der Waals surface area contributed by atoms with Crippen molar-refractivity contribution in [2.75, 3.05) is 13.2 Å². The van der Waals surface area contributed by atoms with Crippen molar-refractivity contribution in [3.63, 3.8) is 0 Å². The van der Waals surface area contributed by atoms with Crippen LogP contribution in [-0.4, -0.2) is 36.3 Å². The van der Waals surface area contributed by atoms with Crippen molar-refractivity contribution >= 4 is 12.0 Å². The third kappa shape index (κ3) is 5.77. The maximum atomic E-state index is 12.7. The summed E-state index contributed by atoms with van der Waals surface area (Å²) in [5.74, 6) is -0.834. The van der Waals surface area contributed by atoms with Gasteiger partial charge in [0, 0.05) is 6.04 Å². The fraction of sp³-hybridized carbons (Fsp3) is 0.500.